The molecule has 1 fully saturated rings. The summed E-state index contributed by atoms with van der Waals surface area (Å²) in [6.45, 7) is 11.9. The number of amides is 3. The number of pyridine rings is 1. The van der Waals surface area contributed by atoms with Crippen molar-refractivity contribution in [2.24, 2.45) is 0 Å². The van der Waals surface area contributed by atoms with Crippen LogP contribution in [0.3, 0.4) is 0 Å². The van der Waals surface area contributed by atoms with Crippen molar-refractivity contribution in [3.8, 4) is 22.6 Å². The van der Waals surface area contributed by atoms with Gasteiger partial charge in [-0.2, -0.15) is 0 Å². The SMILES string of the molecule is COc1cc(NC(=O)CCCc2ccc(-c3ccccc3)c(NC(=O)O[C@H]3CC[C@H](NC(=O)OCc4ccccc4)CC3)c2)c(Cl)cc1CNC[C@H](O[Si](C)(C)C(C)(C)C)c1ccc(O)c2[nH]c(=O)ccc12. The summed E-state index contributed by atoms with van der Waals surface area (Å²) in [6, 6.07) is 35.2. The zero-order valence-electron chi connectivity index (χ0n) is 41.9. The minimum Gasteiger partial charge on any atom is -0.506 e. The highest BCUT2D eigenvalue weighted by molar-refractivity contribution is 6.74. The van der Waals surface area contributed by atoms with Gasteiger partial charge in [-0.1, -0.05) is 111 Å². The Bertz CT molecular complexity index is 2880. The lowest BCUT2D eigenvalue weighted by Gasteiger charge is -2.39. The van der Waals surface area contributed by atoms with Crippen LogP contribution >= 0.6 is 11.6 Å². The van der Waals surface area contributed by atoms with Crippen LogP contribution in [0.25, 0.3) is 22.0 Å². The van der Waals surface area contributed by atoms with Gasteiger partial charge in [-0.25, -0.2) is 9.59 Å². The fourth-order valence-electron chi connectivity index (χ4n) is 8.58. The number of phenolic OH excluding ortho intramolecular Hbond substituents is 1. The number of alkyl carbamates (subject to hydrolysis) is 1. The summed E-state index contributed by atoms with van der Waals surface area (Å²) < 4.78 is 24.0. The van der Waals surface area contributed by atoms with Gasteiger partial charge in [0.25, 0.3) is 0 Å². The number of carbonyl (C=O) groups is 3. The highest BCUT2D eigenvalue weighted by Crippen LogP contribution is 2.41. The summed E-state index contributed by atoms with van der Waals surface area (Å²) in [5.41, 5.74) is 6.30. The molecular formula is C56H66ClN5O9Si. The van der Waals surface area contributed by atoms with Gasteiger partial charge in [-0.3, -0.25) is 14.9 Å². The third kappa shape index (κ3) is 14.3. The minimum atomic E-state index is -2.31. The van der Waals surface area contributed by atoms with Crippen molar-refractivity contribution >= 4 is 60.3 Å². The molecule has 380 valence electrons. The molecular weight excluding hydrogens is 950 g/mol. The second-order valence-corrected chi connectivity index (χ2v) is 24.9. The third-order valence-electron chi connectivity index (χ3n) is 13.5. The van der Waals surface area contributed by atoms with E-state index in [-0.39, 0.29) is 47.4 Å². The summed E-state index contributed by atoms with van der Waals surface area (Å²) in [5, 5.41) is 24.0. The maximum atomic E-state index is 13.4. The quantitative estimate of drug-likeness (QED) is 0.0426. The van der Waals surface area contributed by atoms with E-state index < -0.39 is 26.6 Å². The first-order valence-electron chi connectivity index (χ1n) is 24.5. The van der Waals surface area contributed by atoms with E-state index in [1.807, 2.05) is 84.9 Å². The number of anilines is 2. The van der Waals surface area contributed by atoms with Crippen LogP contribution in [0.15, 0.2) is 120 Å². The summed E-state index contributed by atoms with van der Waals surface area (Å²) in [5.74, 6) is 0.307. The number of benzene rings is 5. The number of carbonyl (C=O) groups excluding carboxylic acids is 3. The maximum Gasteiger partial charge on any atom is 0.411 e. The highest BCUT2D eigenvalue weighted by Gasteiger charge is 2.40. The molecule has 0 saturated heterocycles. The smallest absolute Gasteiger partial charge is 0.411 e. The van der Waals surface area contributed by atoms with Gasteiger partial charge in [0.05, 0.1) is 35.1 Å². The Morgan fingerprint density at radius 2 is 1.56 bits per heavy atom. The molecule has 1 aliphatic carbocycles. The van der Waals surface area contributed by atoms with Crippen molar-refractivity contribution in [1.82, 2.24) is 15.6 Å². The number of ether oxygens (including phenoxy) is 3. The summed E-state index contributed by atoms with van der Waals surface area (Å²) >= 11 is 6.80. The molecule has 1 aromatic heterocycles. The molecule has 0 aliphatic heterocycles. The lowest BCUT2D eigenvalue weighted by Crippen LogP contribution is -2.43. The first-order valence-corrected chi connectivity index (χ1v) is 27.8. The Balaban J connectivity index is 0.928. The first-order chi connectivity index (χ1) is 34.5. The lowest BCUT2D eigenvalue weighted by molar-refractivity contribution is -0.116. The molecule has 6 N–H and O–H groups in total. The summed E-state index contributed by atoms with van der Waals surface area (Å²) in [4.78, 5) is 54.1. The first kappa shape index (κ1) is 53.2. The van der Waals surface area contributed by atoms with E-state index in [9.17, 15) is 24.3 Å². The van der Waals surface area contributed by atoms with Gasteiger partial charge >= 0.3 is 12.2 Å². The molecule has 6 aromatic rings. The van der Waals surface area contributed by atoms with E-state index in [0.29, 0.717) is 84.7 Å². The predicted molar refractivity (Wildman–Crippen MR) is 286 cm³/mol. The van der Waals surface area contributed by atoms with Crippen LogP contribution in [-0.4, -0.2) is 62.3 Å². The number of H-pyrrole nitrogens is 1. The second kappa shape index (κ2) is 24.2. The Kier molecular flexibility index (Phi) is 17.8. The number of aryl methyl sites for hydroxylation is 1. The van der Waals surface area contributed by atoms with Crippen LogP contribution < -0.4 is 31.6 Å². The molecule has 1 atom stereocenters. The molecule has 16 heteroatoms. The molecule has 72 heavy (non-hydrogen) atoms. The largest absolute Gasteiger partial charge is 0.506 e. The molecule has 1 aliphatic rings. The number of nitrogens with one attached hydrogen (secondary N) is 5. The van der Waals surface area contributed by atoms with E-state index in [1.54, 1.807) is 31.4 Å². The normalized spacial score (nSPS) is 15.3. The number of hydrogen-bond acceptors (Lipinski definition) is 10. The van der Waals surface area contributed by atoms with Gasteiger partial charge < -0.3 is 44.7 Å². The lowest BCUT2D eigenvalue weighted by atomic mass is 9.93. The molecule has 0 bridgehead atoms. The van der Waals surface area contributed by atoms with Crippen LogP contribution in [0.5, 0.6) is 11.5 Å². The fourth-order valence-corrected chi connectivity index (χ4v) is 10.1. The Morgan fingerprint density at radius 1 is 0.833 bits per heavy atom. The number of aromatic nitrogens is 1. The van der Waals surface area contributed by atoms with Crippen molar-refractivity contribution < 1.29 is 38.1 Å². The van der Waals surface area contributed by atoms with Gasteiger partial charge in [0.1, 0.15) is 24.2 Å². The molecule has 7 rings (SSSR count). The third-order valence-corrected chi connectivity index (χ3v) is 18.3. The number of fused-ring (bicyclic) bond motifs is 1. The summed E-state index contributed by atoms with van der Waals surface area (Å²) in [6.07, 6.45) is 2.08. The standard InChI is InChI=1S/C56H66ClN5O9Si/c1-56(2,3)72(5,6)71-50(43-26-28-48(63)53-44(43)27-29-52(65)62-53)34-58-33-39-31-45(57)47(32-49(39)68-4)60-51(64)19-13-16-36-20-25-42(38-17-11-8-12-18-38)46(30-36)61-55(67)70-41-23-21-40(22-24-41)59-54(66)69-35-37-14-9-7-10-15-37/h7-12,14-15,17-18,20,25-32,40-41,50,58,63H,13,16,19,21-24,33-35H2,1-6H3,(H,59,66)(H,60,64)(H,61,67)(H,62,65)/t40-,41-,50-/m0/s1. The number of aromatic hydroxyl groups is 1. The van der Waals surface area contributed by atoms with Crippen LogP contribution in [0.4, 0.5) is 21.0 Å². The number of phenols is 1. The molecule has 0 spiro atoms. The van der Waals surface area contributed by atoms with Crippen LogP contribution in [0.2, 0.25) is 23.2 Å². The Hall–Kier alpha value is -6.65. The van der Waals surface area contributed by atoms with Gasteiger partial charge in [-0.05, 0) is 103 Å². The van der Waals surface area contributed by atoms with Crippen molar-refractivity contribution in [3.05, 3.63) is 153 Å². The Morgan fingerprint density at radius 3 is 2.26 bits per heavy atom. The predicted octanol–water partition coefficient (Wildman–Crippen LogP) is 12.2. The zero-order chi connectivity index (χ0) is 51.4. The van der Waals surface area contributed by atoms with Crippen molar-refractivity contribution in [2.45, 2.75) is 115 Å². The molecule has 0 unspecified atom stereocenters. The van der Waals surface area contributed by atoms with E-state index in [2.05, 4.69) is 60.1 Å². The average Bonchev–Trinajstić information content (AvgIpc) is 3.35. The summed E-state index contributed by atoms with van der Waals surface area (Å²) in [7, 11) is -0.741. The van der Waals surface area contributed by atoms with Crippen molar-refractivity contribution in [2.75, 3.05) is 24.3 Å². The zero-order valence-corrected chi connectivity index (χ0v) is 43.6. The topological polar surface area (TPSA) is 189 Å². The van der Waals surface area contributed by atoms with Gasteiger partial charge in [0.15, 0.2) is 8.32 Å². The van der Waals surface area contributed by atoms with Gasteiger partial charge in [0.2, 0.25) is 11.5 Å². The average molecular weight is 1020 g/mol. The molecule has 5 aromatic carbocycles. The van der Waals surface area contributed by atoms with E-state index >= 15 is 0 Å². The number of hydrogen-bond donors (Lipinski definition) is 6. The number of halogens is 1. The molecule has 14 nitrogen and oxygen atoms in total. The molecule has 1 heterocycles. The monoisotopic (exact) mass is 1020 g/mol. The number of rotatable bonds is 19. The maximum absolute atomic E-state index is 13.4. The highest BCUT2D eigenvalue weighted by atomic mass is 35.5. The van der Waals surface area contributed by atoms with Crippen molar-refractivity contribution in [3.63, 3.8) is 0 Å². The van der Waals surface area contributed by atoms with E-state index in [0.717, 1.165) is 33.4 Å². The van der Waals surface area contributed by atoms with E-state index in [1.165, 1.54) is 6.07 Å². The molecule has 0 radical (unpaired) electrons. The number of aromatic amines is 1. The van der Waals surface area contributed by atoms with Gasteiger partial charge in [0, 0.05) is 54.2 Å². The Labute approximate surface area is 427 Å². The minimum absolute atomic E-state index is 0.0174. The fraction of sp³-hybridized carbons (Fsp3) is 0.357. The van der Waals surface area contributed by atoms with E-state index in [4.69, 9.17) is 30.2 Å². The van der Waals surface area contributed by atoms with Crippen molar-refractivity contribution in [1.29, 1.82) is 0 Å². The van der Waals surface area contributed by atoms with Crippen LogP contribution in [0.1, 0.15) is 87.7 Å². The number of methoxy groups -OCH3 is 1. The van der Waals surface area contributed by atoms with Crippen LogP contribution in [0, 0.1) is 0 Å². The molecule has 3 amide bonds. The van der Waals surface area contributed by atoms with Crippen LogP contribution in [-0.2, 0) is 38.3 Å². The second-order valence-electron chi connectivity index (χ2n) is 19.8. The van der Waals surface area contributed by atoms with Gasteiger partial charge in [-0.15, -0.1) is 0 Å². The molecule has 1 saturated carbocycles.